The van der Waals surface area contributed by atoms with E-state index >= 15 is 0 Å². The number of hydrogen-bond donors (Lipinski definition) is 2. The molecule has 2 aromatic heterocycles. The quantitative estimate of drug-likeness (QED) is 0.713. The van der Waals surface area contributed by atoms with Crippen LogP contribution < -0.4 is 0 Å². The van der Waals surface area contributed by atoms with Crippen LogP contribution in [0.15, 0.2) is 18.6 Å². The van der Waals surface area contributed by atoms with Crippen LogP contribution in [-0.2, 0) is 0 Å². The molecule has 2 aromatic rings. The van der Waals surface area contributed by atoms with Crippen LogP contribution in [0.5, 0.6) is 0 Å². The minimum atomic E-state index is -0.659. The van der Waals surface area contributed by atoms with Gasteiger partial charge in [-0.2, -0.15) is 5.10 Å². The van der Waals surface area contributed by atoms with Crippen LogP contribution in [0.3, 0.4) is 0 Å². The molecule has 0 amide bonds. The van der Waals surface area contributed by atoms with Gasteiger partial charge in [-0.15, -0.1) is 0 Å². The molecule has 2 N–H and O–H groups in total. The van der Waals surface area contributed by atoms with Crippen LogP contribution in [-0.4, -0.2) is 30.3 Å². The lowest BCUT2D eigenvalue weighted by molar-refractivity contribution is 0.189. The van der Waals surface area contributed by atoms with E-state index in [1.165, 1.54) is 0 Å². The highest BCUT2D eigenvalue weighted by molar-refractivity contribution is 5.45. The van der Waals surface area contributed by atoms with Crippen molar-refractivity contribution in [3.05, 3.63) is 24.4 Å². The Labute approximate surface area is 80.1 Å². The molecule has 0 aliphatic heterocycles. The molecular weight excluding hydrogens is 182 g/mol. The average molecular weight is 191 g/mol. The number of aliphatic hydroxyl groups is 1. The summed E-state index contributed by atoms with van der Waals surface area (Å²) >= 11 is 0. The number of aliphatic hydroxyl groups excluding tert-OH is 1. The van der Waals surface area contributed by atoms with E-state index in [0.717, 1.165) is 0 Å². The van der Waals surface area contributed by atoms with Crippen molar-refractivity contribution >= 4 is 0 Å². The zero-order valence-corrected chi connectivity index (χ0v) is 7.55. The number of rotatable bonds is 2. The summed E-state index contributed by atoms with van der Waals surface area (Å²) < 4.78 is 0. The summed E-state index contributed by atoms with van der Waals surface area (Å²) in [4.78, 5) is 12.0. The smallest absolute Gasteiger partial charge is 0.201 e. The highest BCUT2D eigenvalue weighted by Crippen LogP contribution is 2.12. The summed E-state index contributed by atoms with van der Waals surface area (Å²) in [6, 6.07) is 0. The Kier molecular flexibility index (Phi) is 2.19. The van der Waals surface area contributed by atoms with Gasteiger partial charge in [0.05, 0.1) is 6.20 Å². The second kappa shape index (κ2) is 3.51. The molecule has 0 bridgehead atoms. The molecular formula is C8H9N5O. The molecule has 0 aromatic carbocycles. The average Bonchev–Trinajstić information content (AvgIpc) is 2.68. The van der Waals surface area contributed by atoms with Crippen LogP contribution in [0, 0.1) is 0 Å². The zero-order chi connectivity index (χ0) is 9.97. The minimum absolute atomic E-state index is 0.422. The molecule has 1 atom stereocenters. The van der Waals surface area contributed by atoms with Crippen molar-refractivity contribution in [3.63, 3.8) is 0 Å². The SMILES string of the molecule is CC(O)c1nc(-c2cnccn2)n[nH]1. The van der Waals surface area contributed by atoms with E-state index in [4.69, 9.17) is 0 Å². The van der Waals surface area contributed by atoms with E-state index in [1.54, 1.807) is 25.5 Å². The largest absolute Gasteiger partial charge is 0.385 e. The first-order chi connectivity index (χ1) is 6.77. The molecule has 1 unspecified atom stereocenters. The van der Waals surface area contributed by atoms with Gasteiger partial charge in [0, 0.05) is 12.4 Å². The summed E-state index contributed by atoms with van der Waals surface area (Å²) in [5.74, 6) is 0.861. The van der Waals surface area contributed by atoms with E-state index in [2.05, 4.69) is 25.1 Å². The lowest BCUT2D eigenvalue weighted by Gasteiger charge is -1.94. The van der Waals surface area contributed by atoms with Gasteiger partial charge in [0.15, 0.2) is 5.82 Å². The van der Waals surface area contributed by atoms with Crippen molar-refractivity contribution < 1.29 is 5.11 Å². The van der Waals surface area contributed by atoms with Crippen molar-refractivity contribution in [3.8, 4) is 11.5 Å². The highest BCUT2D eigenvalue weighted by atomic mass is 16.3. The minimum Gasteiger partial charge on any atom is -0.385 e. The fraction of sp³-hybridized carbons (Fsp3) is 0.250. The summed E-state index contributed by atoms with van der Waals surface area (Å²) in [6.07, 6.45) is 4.04. The van der Waals surface area contributed by atoms with Crippen LogP contribution in [0.1, 0.15) is 18.9 Å². The Balaban J connectivity index is 2.34. The Bertz CT molecular complexity index is 411. The van der Waals surface area contributed by atoms with E-state index < -0.39 is 6.10 Å². The normalized spacial score (nSPS) is 12.7. The van der Waals surface area contributed by atoms with Crippen LogP contribution in [0.2, 0.25) is 0 Å². The van der Waals surface area contributed by atoms with Gasteiger partial charge in [0.2, 0.25) is 5.82 Å². The van der Waals surface area contributed by atoms with Crippen molar-refractivity contribution in [1.29, 1.82) is 0 Å². The van der Waals surface area contributed by atoms with Gasteiger partial charge >= 0.3 is 0 Å². The monoisotopic (exact) mass is 191 g/mol. The van der Waals surface area contributed by atoms with Gasteiger partial charge in [-0.05, 0) is 6.92 Å². The highest BCUT2D eigenvalue weighted by Gasteiger charge is 2.09. The fourth-order valence-electron chi connectivity index (χ4n) is 0.990. The van der Waals surface area contributed by atoms with E-state index in [9.17, 15) is 5.11 Å². The Morgan fingerprint density at radius 1 is 1.43 bits per heavy atom. The van der Waals surface area contributed by atoms with Gasteiger partial charge in [0.1, 0.15) is 11.8 Å². The molecule has 6 nitrogen and oxygen atoms in total. The molecule has 6 heteroatoms. The predicted molar refractivity (Wildman–Crippen MR) is 48.0 cm³/mol. The molecule has 0 spiro atoms. The van der Waals surface area contributed by atoms with Crippen LogP contribution in [0.25, 0.3) is 11.5 Å². The molecule has 2 rings (SSSR count). The second-order valence-corrected chi connectivity index (χ2v) is 2.81. The van der Waals surface area contributed by atoms with Gasteiger partial charge in [-0.3, -0.25) is 10.1 Å². The van der Waals surface area contributed by atoms with Gasteiger partial charge in [-0.25, -0.2) is 9.97 Å². The van der Waals surface area contributed by atoms with Gasteiger partial charge in [0.25, 0.3) is 0 Å². The predicted octanol–water partition coefficient (Wildman–Crippen LogP) is 0.315. The van der Waals surface area contributed by atoms with Crippen LogP contribution in [0.4, 0.5) is 0 Å². The fourth-order valence-corrected chi connectivity index (χ4v) is 0.990. The third kappa shape index (κ3) is 1.60. The maximum absolute atomic E-state index is 9.21. The van der Waals surface area contributed by atoms with Crippen molar-refractivity contribution in [1.82, 2.24) is 25.1 Å². The number of aromatic nitrogens is 5. The maximum atomic E-state index is 9.21. The molecule has 72 valence electrons. The van der Waals surface area contributed by atoms with Crippen molar-refractivity contribution in [2.75, 3.05) is 0 Å². The Hall–Kier alpha value is -1.82. The Morgan fingerprint density at radius 3 is 2.86 bits per heavy atom. The lowest BCUT2D eigenvalue weighted by atomic mass is 10.4. The summed E-state index contributed by atoms with van der Waals surface area (Å²) in [5, 5.41) is 15.7. The third-order valence-corrected chi connectivity index (χ3v) is 1.69. The summed E-state index contributed by atoms with van der Waals surface area (Å²) in [5.41, 5.74) is 0.579. The summed E-state index contributed by atoms with van der Waals surface area (Å²) in [6.45, 7) is 1.61. The molecule has 14 heavy (non-hydrogen) atoms. The molecule has 2 heterocycles. The first-order valence-electron chi connectivity index (χ1n) is 4.14. The lowest BCUT2D eigenvalue weighted by Crippen LogP contribution is -1.93. The second-order valence-electron chi connectivity index (χ2n) is 2.81. The first kappa shape index (κ1) is 8.76. The number of hydrogen-bond acceptors (Lipinski definition) is 5. The maximum Gasteiger partial charge on any atom is 0.201 e. The Morgan fingerprint density at radius 2 is 2.29 bits per heavy atom. The molecule has 0 radical (unpaired) electrons. The van der Waals surface area contributed by atoms with E-state index in [-0.39, 0.29) is 0 Å². The number of nitrogens with one attached hydrogen (secondary N) is 1. The van der Waals surface area contributed by atoms with E-state index in [1.807, 2.05) is 0 Å². The molecule has 0 saturated heterocycles. The van der Waals surface area contributed by atoms with Crippen molar-refractivity contribution in [2.24, 2.45) is 0 Å². The standard InChI is InChI=1S/C8H9N5O/c1-5(14)7-11-8(13-12-7)6-4-9-2-3-10-6/h2-5,14H,1H3,(H,11,12,13). The van der Waals surface area contributed by atoms with Gasteiger partial charge < -0.3 is 5.11 Å². The zero-order valence-electron chi connectivity index (χ0n) is 7.55. The molecule has 0 fully saturated rings. The van der Waals surface area contributed by atoms with Crippen LogP contribution >= 0.6 is 0 Å². The molecule has 0 aliphatic carbocycles. The number of nitrogens with zero attached hydrogens (tertiary/aromatic N) is 4. The molecule has 0 saturated carbocycles. The topological polar surface area (TPSA) is 87.6 Å². The first-order valence-corrected chi connectivity index (χ1v) is 4.14. The van der Waals surface area contributed by atoms with Gasteiger partial charge in [-0.1, -0.05) is 0 Å². The third-order valence-electron chi connectivity index (χ3n) is 1.69. The number of H-pyrrole nitrogens is 1. The summed E-state index contributed by atoms with van der Waals surface area (Å²) in [7, 11) is 0. The van der Waals surface area contributed by atoms with Crippen molar-refractivity contribution in [2.45, 2.75) is 13.0 Å². The van der Waals surface area contributed by atoms with E-state index in [0.29, 0.717) is 17.3 Å². The molecule has 0 aliphatic rings. The number of aromatic amines is 1.